The van der Waals surface area contributed by atoms with E-state index < -0.39 is 0 Å². The molecule has 5 nitrogen and oxygen atoms in total. The van der Waals surface area contributed by atoms with Crippen molar-refractivity contribution < 1.29 is 14.3 Å². The van der Waals surface area contributed by atoms with Crippen molar-refractivity contribution in [2.45, 2.75) is 32.6 Å². The predicted octanol–water partition coefficient (Wildman–Crippen LogP) is 1.66. The summed E-state index contributed by atoms with van der Waals surface area (Å²) in [6.07, 6.45) is 3.06. The fourth-order valence-corrected chi connectivity index (χ4v) is 1.81. The Morgan fingerprint density at radius 1 is 1.10 bits per heavy atom. The largest absolute Gasteiger partial charge is 0.497 e. The topological polar surface area (TPSA) is 67.4 Å². The number of rotatable bonds is 9. The van der Waals surface area contributed by atoms with E-state index in [4.69, 9.17) is 4.74 Å². The number of ether oxygens (including phenoxy) is 1. The maximum absolute atomic E-state index is 11.6. The van der Waals surface area contributed by atoms with Crippen molar-refractivity contribution >= 4 is 11.8 Å². The third-order valence-electron chi connectivity index (χ3n) is 3.10. The first kappa shape index (κ1) is 17.0. The first-order valence-corrected chi connectivity index (χ1v) is 7.32. The summed E-state index contributed by atoms with van der Waals surface area (Å²) >= 11 is 0. The van der Waals surface area contributed by atoms with Gasteiger partial charge in [0.05, 0.1) is 13.7 Å². The van der Waals surface area contributed by atoms with Crippen molar-refractivity contribution in [3.8, 4) is 5.75 Å². The molecule has 0 bridgehead atoms. The molecule has 0 saturated heterocycles. The van der Waals surface area contributed by atoms with Crippen LogP contribution in [0.1, 0.15) is 31.7 Å². The molecular weight excluding hydrogens is 268 g/mol. The second kappa shape index (κ2) is 9.80. The van der Waals surface area contributed by atoms with Gasteiger partial charge in [-0.15, -0.1) is 0 Å². The summed E-state index contributed by atoms with van der Waals surface area (Å²) in [4.78, 5) is 22.9. The summed E-state index contributed by atoms with van der Waals surface area (Å²) in [6.45, 7) is 2.63. The highest BCUT2D eigenvalue weighted by atomic mass is 16.5. The normalized spacial score (nSPS) is 10.0. The molecule has 0 saturated carbocycles. The van der Waals surface area contributed by atoms with Crippen molar-refractivity contribution in [2.24, 2.45) is 0 Å². The minimum absolute atomic E-state index is 0.0468. The molecule has 0 aliphatic heterocycles. The van der Waals surface area contributed by atoms with Crippen molar-refractivity contribution in [1.29, 1.82) is 0 Å². The SMILES string of the molecule is CCCCC(=O)NCC(=O)NCCc1ccc(OC)cc1. The minimum Gasteiger partial charge on any atom is -0.497 e. The Morgan fingerprint density at radius 2 is 1.81 bits per heavy atom. The van der Waals surface area contributed by atoms with Gasteiger partial charge in [0.1, 0.15) is 5.75 Å². The van der Waals surface area contributed by atoms with Gasteiger partial charge in [-0.1, -0.05) is 25.5 Å². The number of carbonyl (C=O) groups is 2. The predicted molar refractivity (Wildman–Crippen MR) is 82.2 cm³/mol. The molecule has 1 aromatic rings. The maximum Gasteiger partial charge on any atom is 0.239 e. The lowest BCUT2D eigenvalue weighted by molar-refractivity contribution is -0.126. The minimum atomic E-state index is -0.159. The molecule has 2 N–H and O–H groups in total. The van der Waals surface area contributed by atoms with E-state index in [1.807, 2.05) is 31.2 Å². The Hall–Kier alpha value is -2.04. The smallest absolute Gasteiger partial charge is 0.239 e. The van der Waals surface area contributed by atoms with Crippen LogP contribution >= 0.6 is 0 Å². The molecule has 0 aromatic heterocycles. The van der Waals surface area contributed by atoms with Gasteiger partial charge in [0, 0.05) is 13.0 Å². The highest BCUT2D eigenvalue weighted by molar-refractivity contribution is 5.84. The summed E-state index contributed by atoms with van der Waals surface area (Å²) in [5.74, 6) is 0.591. The van der Waals surface area contributed by atoms with Crippen LogP contribution in [0, 0.1) is 0 Å². The zero-order valence-electron chi connectivity index (χ0n) is 12.8. The lowest BCUT2D eigenvalue weighted by Gasteiger charge is -2.07. The van der Waals surface area contributed by atoms with Crippen LogP contribution in [0.15, 0.2) is 24.3 Å². The van der Waals surface area contributed by atoms with Crippen LogP contribution in [-0.4, -0.2) is 32.0 Å². The molecule has 0 spiro atoms. The number of methoxy groups -OCH3 is 1. The molecule has 2 amide bonds. The van der Waals surface area contributed by atoms with E-state index >= 15 is 0 Å². The quantitative estimate of drug-likeness (QED) is 0.727. The summed E-state index contributed by atoms with van der Waals surface area (Å²) in [5.41, 5.74) is 1.13. The van der Waals surface area contributed by atoms with Crippen molar-refractivity contribution in [3.63, 3.8) is 0 Å². The molecular formula is C16H24N2O3. The van der Waals surface area contributed by atoms with Gasteiger partial charge in [-0.3, -0.25) is 9.59 Å². The zero-order chi connectivity index (χ0) is 15.5. The number of hydrogen-bond donors (Lipinski definition) is 2. The average molecular weight is 292 g/mol. The zero-order valence-corrected chi connectivity index (χ0v) is 12.8. The van der Waals surface area contributed by atoms with Crippen LogP contribution in [-0.2, 0) is 16.0 Å². The fourth-order valence-electron chi connectivity index (χ4n) is 1.81. The number of benzene rings is 1. The first-order chi connectivity index (χ1) is 10.2. The van der Waals surface area contributed by atoms with E-state index in [0.29, 0.717) is 13.0 Å². The van der Waals surface area contributed by atoms with Crippen molar-refractivity contribution in [2.75, 3.05) is 20.2 Å². The highest BCUT2D eigenvalue weighted by Crippen LogP contribution is 2.11. The molecule has 0 radical (unpaired) electrons. The van der Waals surface area contributed by atoms with Gasteiger partial charge in [-0.25, -0.2) is 0 Å². The van der Waals surface area contributed by atoms with Crippen molar-refractivity contribution in [3.05, 3.63) is 29.8 Å². The standard InChI is InChI=1S/C16H24N2O3/c1-3-4-5-15(19)18-12-16(20)17-11-10-13-6-8-14(21-2)9-7-13/h6-9H,3-5,10-12H2,1-2H3,(H,17,20)(H,18,19). The van der Waals surface area contributed by atoms with Gasteiger partial charge in [-0.2, -0.15) is 0 Å². The van der Waals surface area contributed by atoms with E-state index in [1.165, 1.54) is 0 Å². The molecule has 0 aliphatic carbocycles. The van der Waals surface area contributed by atoms with Crippen LogP contribution in [0.25, 0.3) is 0 Å². The summed E-state index contributed by atoms with van der Waals surface area (Å²) in [7, 11) is 1.63. The van der Waals surface area contributed by atoms with Crippen LogP contribution in [0.4, 0.5) is 0 Å². The second-order valence-electron chi connectivity index (χ2n) is 4.83. The van der Waals surface area contributed by atoms with Gasteiger partial charge in [-0.05, 0) is 30.5 Å². The van der Waals surface area contributed by atoms with E-state index in [1.54, 1.807) is 7.11 Å². The lowest BCUT2D eigenvalue weighted by atomic mass is 10.1. The molecule has 21 heavy (non-hydrogen) atoms. The van der Waals surface area contributed by atoms with Crippen molar-refractivity contribution in [1.82, 2.24) is 10.6 Å². The molecule has 0 unspecified atom stereocenters. The van der Waals surface area contributed by atoms with E-state index in [9.17, 15) is 9.59 Å². The Morgan fingerprint density at radius 3 is 2.43 bits per heavy atom. The molecule has 0 heterocycles. The molecule has 1 aromatic carbocycles. The monoisotopic (exact) mass is 292 g/mol. The lowest BCUT2D eigenvalue weighted by Crippen LogP contribution is -2.37. The van der Waals surface area contributed by atoms with E-state index in [2.05, 4.69) is 10.6 Å². The van der Waals surface area contributed by atoms with E-state index in [-0.39, 0.29) is 18.4 Å². The average Bonchev–Trinajstić information content (AvgIpc) is 2.51. The van der Waals surface area contributed by atoms with Gasteiger partial charge >= 0.3 is 0 Å². The van der Waals surface area contributed by atoms with Crippen LogP contribution in [0.5, 0.6) is 5.75 Å². The van der Waals surface area contributed by atoms with Gasteiger partial charge < -0.3 is 15.4 Å². The van der Waals surface area contributed by atoms with Crippen LogP contribution in [0.3, 0.4) is 0 Å². The number of carbonyl (C=O) groups excluding carboxylic acids is 2. The third-order valence-corrected chi connectivity index (χ3v) is 3.10. The van der Waals surface area contributed by atoms with Gasteiger partial charge in [0.2, 0.25) is 11.8 Å². The molecule has 116 valence electrons. The molecule has 0 atom stereocenters. The van der Waals surface area contributed by atoms with Crippen LogP contribution in [0.2, 0.25) is 0 Å². The Kier molecular flexibility index (Phi) is 7.94. The highest BCUT2D eigenvalue weighted by Gasteiger charge is 2.04. The summed E-state index contributed by atoms with van der Waals surface area (Å²) < 4.78 is 5.08. The second-order valence-corrected chi connectivity index (χ2v) is 4.83. The van der Waals surface area contributed by atoms with Crippen LogP contribution < -0.4 is 15.4 Å². The van der Waals surface area contributed by atoms with Gasteiger partial charge in [0.25, 0.3) is 0 Å². The number of amides is 2. The third kappa shape index (κ3) is 7.34. The Labute approximate surface area is 126 Å². The Balaban J connectivity index is 2.16. The summed E-state index contributed by atoms with van der Waals surface area (Å²) in [5, 5.41) is 5.40. The molecule has 5 heteroatoms. The van der Waals surface area contributed by atoms with E-state index in [0.717, 1.165) is 30.6 Å². The van der Waals surface area contributed by atoms with Gasteiger partial charge in [0.15, 0.2) is 0 Å². The number of nitrogens with one attached hydrogen (secondary N) is 2. The number of hydrogen-bond acceptors (Lipinski definition) is 3. The maximum atomic E-state index is 11.6. The molecule has 1 rings (SSSR count). The molecule has 0 fully saturated rings. The molecule has 0 aliphatic rings. The fraction of sp³-hybridized carbons (Fsp3) is 0.500. The summed E-state index contributed by atoms with van der Waals surface area (Å²) in [6, 6.07) is 7.73. The Bertz CT molecular complexity index is 443. The number of unbranched alkanes of at least 4 members (excludes halogenated alkanes) is 1. The first-order valence-electron chi connectivity index (χ1n) is 7.32.